The van der Waals surface area contributed by atoms with Crippen molar-refractivity contribution in [2.45, 2.75) is 63.6 Å². The predicted octanol–water partition coefficient (Wildman–Crippen LogP) is 7.15. The number of fused-ring (bicyclic) bond motifs is 2. The Bertz CT molecular complexity index is 1480. The van der Waals surface area contributed by atoms with Crippen LogP contribution in [0.4, 0.5) is 5.00 Å². The Hall–Kier alpha value is -3.03. The maximum absolute atomic E-state index is 13.3. The number of para-hydroxylation sites is 1. The summed E-state index contributed by atoms with van der Waals surface area (Å²) in [5.41, 5.74) is 6.56. The number of ether oxygens (including phenoxy) is 1. The molecule has 0 aliphatic heterocycles. The fourth-order valence-electron chi connectivity index (χ4n) is 4.96. The molecule has 2 aromatic carbocycles. The largest absolute Gasteiger partial charge is 0.462 e. The summed E-state index contributed by atoms with van der Waals surface area (Å²) in [6.07, 6.45) is 5.01. The van der Waals surface area contributed by atoms with E-state index in [9.17, 15) is 9.59 Å². The van der Waals surface area contributed by atoms with Gasteiger partial charge < -0.3 is 14.6 Å². The normalized spacial score (nSPS) is 13.5. The number of benzene rings is 2. The van der Waals surface area contributed by atoms with E-state index in [0.29, 0.717) is 17.2 Å². The van der Waals surface area contributed by atoms with Crippen LogP contribution in [0.5, 0.6) is 0 Å². The highest BCUT2D eigenvalue weighted by Crippen LogP contribution is 2.40. The first kappa shape index (κ1) is 25.6. The molecule has 1 aliphatic carbocycles. The second-order valence-electron chi connectivity index (χ2n) is 9.60. The Morgan fingerprint density at radius 1 is 1.16 bits per heavy atom. The second-order valence-corrected chi connectivity index (χ2v) is 12.1. The summed E-state index contributed by atoms with van der Waals surface area (Å²) in [5, 5.41) is 4.48. The number of amides is 1. The zero-order valence-corrected chi connectivity index (χ0v) is 23.4. The lowest BCUT2D eigenvalue weighted by atomic mass is 10.1. The van der Waals surface area contributed by atoms with Crippen molar-refractivity contribution < 1.29 is 14.3 Å². The van der Waals surface area contributed by atoms with Crippen LogP contribution >= 0.6 is 23.1 Å². The molecule has 0 saturated heterocycles. The lowest BCUT2D eigenvalue weighted by molar-refractivity contribution is -0.115. The van der Waals surface area contributed by atoms with Crippen molar-refractivity contribution in [3.8, 4) is 0 Å². The summed E-state index contributed by atoms with van der Waals surface area (Å²) < 4.78 is 7.58. The van der Waals surface area contributed by atoms with Gasteiger partial charge in [-0.25, -0.2) is 4.79 Å². The minimum atomic E-state index is -0.341. The van der Waals surface area contributed by atoms with Crippen LogP contribution in [0, 0.1) is 13.8 Å². The smallest absolute Gasteiger partial charge is 0.341 e. The van der Waals surface area contributed by atoms with Gasteiger partial charge >= 0.3 is 5.97 Å². The van der Waals surface area contributed by atoms with Gasteiger partial charge in [-0.3, -0.25) is 4.79 Å². The van der Waals surface area contributed by atoms with Crippen LogP contribution in [-0.4, -0.2) is 28.3 Å². The van der Waals surface area contributed by atoms with Gasteiger partial charge in [0.15, 0.2) is 0 Å². The van der Waals surface area contributed by atoms with E-state index in [4.69, 9.17) is 4.74 Å². The highest BCUT2D eigenvalue weighted by Gasteiger charge is 2.29. The second kappa shape index (κ2) is 10.8. The average Bonchev–Trinajstić information content (AvgIpc) is 3.55. The minimum absolute atomic E-state index is 0.109. The van der Waals surface area contributed by atoms with E-state index < -0.39 is 0 Å². The summed E-state index contributed by atoms with van der Waals surface area (Å²) >= 11 is 3.07. The fraction of sp³-hybridized carbons (Fsp3) is 0.333. The molecule has 37 heavy (non-hydrogen) atoms. The lowest BCUT2D eigenvalue weighted by Gasteiger charge is -2.12. The van der Waals surface area contributed by atoms with Crippen molar-refractivity contribution in [3.63, 3.8) is 0 Å². The summed E-state index contributed by atoms with van der Waals surface area (Å²) in [6.45, 7) is 9.08. The molecule has 1 N–H and O–H groups in total. The van der Waals surface area contributed by atoms with Crippen LogP contribution in [0.15, 0.2) is 53.6 Å². The number of thioether (sulfide) groups is 1. The van der Waals surface area contributed by atoms with Crippen LogP contribution in [0.1, 0.15) is 57.8 Å². The third kappa shape index (κ3) is 5.20. The minimum Gasteiger partial charge on any atom is -0.462 e. The van der Waals surface area contributed by atoms with E-state index in [-0.39, 0.29) is 17.1 Å². The van der Waals surface area contributed by atoms with E-state index in [1.807, 2.05) is 13.0 Å². The lowest BCUT2D eigenvalue weighted by Crippen LogP contribution is -2.23. The first-order valence-corrected chi connectivity index (χ1v) is 14.5. The topological polar surface area (TPSA) is 60.3 Å². The van der Waals surface area contributed by atoms with E-state index >= 15 is 0 Å². The maximum Gasteiger partial charge on any atom is 0.341 e. The molecule has 0 radical (unpaired) electrons. The Kier molecular flexibility index (Phi) is 7.45. The number of rotatable bonds is 8. The van der Waals surface area contributed by atoms with Crippen LogP contribution in [-0.2, 0) is 28.9 Å². The van der Waals surface area contributed by atoms with Gasteiger partial charge in [0.05, 0.1) is 17.4 Å². The monoisotopic (exact) mass is 532 g/mol. The number of aryl methyl sites for hydroxylation is 3. The molecule has 5 rings (SSSR count). The molecule has 1 unspecified atom stereocenters. The molecule has 0 spiro atoms. The Labute approximate surface area is 226 Å². The van der Waals surface area contributed by atoms with Crippen molar-refractivity contribution in [2.75, 3.05) is 11.9 Å². The Morgan fingerprint density at radius 3 is 2.78 bits per heavy atom. The molecule has 0 bridgehead atoms. The van der Waals surface area contributed by atoms with E-state index in [2.05, 4.69) is 66.3 Å². The predicted molar refractivity (Wildman–Crippen MR) is 153 cm³/mol. The van der Waals surface area contributed by atoms with Crippen molar-refractivity contribution in [2.24, 2.45) is 0 Å². The van der Waals surface area contributed by atoms with Gasteiger partial charge in [0.1, 0.15) is 5.00 Å². The van der Waals surface area contributed by atoms with Crippen LogP contribution in [0.25, 0.3) is 10.9 Å². The quantitative estimate of drug-likeness (QED) is 0.193. The molecule has 192 valence electrons. The molecule has 2 heterocycles. The fourth-order valence-corrected chi connectivity index (χ4v) is 7.28. The van der Waals surface area contributed by atoms with Crippen molar-refractivity contribution in [1.29, 1.82) is 0 Å². The number of esters is 1. The molecular formula is C30H32N2O3S2. The van der Waals surface area contributed by atoms with Gasteiger partial charge in [-0.05, 0) is 69.7 Å². The first-order valence-electron chi connectivity index (χ1n) is 12.8. The number of carbonyl (C=O) groups is 2. The molecule has 7 heteroatoms. The number of nitrogens with one attached hydrogen (secondary N) is 1. The number of hydrogen-bond acceptors (Lipinski definition) is 5. The van der Waals surface area contributed by atoms with E-state index in [1.54, 1.807) is 18.7 Å². The molecule has 1 amide bonds. The summed E-state index contributed by atoms with van der Waals surface area (Å²) in [7, 11) is 0. The number of anilines is 1. The Morgan fingerprint density at radius 2 is 1.97 bits per heavy atom. The zero-order valence-electron chi connectivity index (χ0n) is 21.7. The SMILES string of the molecule is CCOC(=O)c1c(NC(=O)C(C)Sc2cn(Cc3cc(C)ccc3C)c3ccccc23)sc2c1CCC2. The van der Waals surface area contributed by atoms with Gasteiger partial charge in [-0.1, -0.05) is 42.0 Å². The zero-order chi connectivity index (χ0) is 26.1. The average molecular weight is 533 g/mol. The number of carbonyl (C=O) groups excluding carboxylic acids is 2. The summed E-state index contributed by atoms with van der Waals surface area (Å²) in [5.74, 6) is -0.450. The van der Waals surface area contributed by atoms with E-state index in [0.717, 1.165) is 47.2 Å². The van der Waals surface area contributed by atoms with Crippen LogP contribution in [0.2, 0.25) is 0 Å². The third-order valence-corrected chi connectivity index (χ3v) is 9.26. The first-order chi connectivity index (χ1) is 17.9. The van der Waals surface area contributed by atoms with Gasteiger partial charge in [-0.15, -0.1) is 23.1 Å². The summed E-state index contributed by atoms with van der Waals surface area (Å²) in [6, 6.07) is 14.9. The van der Waals surface area contributed by atoms with Crippen LogP contribution in [0.3, 0.4) is 0 Å². The number of aromatic nitrogens is 1. The van der Waals surface area contributed by atoms with Gasteiger partial charge in [-0.2, -0.15) is 0 Å². The standard InChI is InChI=1S/C30H32N2O3S2/c1-5-35-30(34)27-23-10-8-12-25(23)37-29(27)31-28(33)20(4)36-26-17-32(24-11-7-6-9-22(24)26)16-21-15-18(2)13-14-19(21)3/h6-7,9,11,13-15,17,20H,5,8,10,12,16H2,1-4H3,(H,31,33). The van der Waals surface area contributed by atoms with Crippen molar-refractivity contribution in [1.82, 2.24) is 4.57 Å². The molecule has 4 aromatic rings. The van der Waals surface area contributed by atoms with Crippen molar-refractivity contribution >= 4 is 50.9 Å². The number of nitrogens with zero attached hydrogens (tertiary/aromatic N) is 1. The van der Waals surface area contributed by atoms with E-state index in [1.165, 1.54) is 32.9 Å². The number of hydrogen-bond donors (Lipinski definition) is 1. The molecule has 0 saturated carbocycles. The molecule has 5 nitrogen and oxygen atoms in total. The Balaban J connectivity index is 1.38. The van der Waals surface area contributed by atoms with Crippen molar-refractivity contribution in [3.05, 3.63) is 81.4 Å². The van der Waals surface area contributed by atoms with Gasteiger partial charge in [0.2, 0.25) is 5.91 Å². The number of thiophene rings is 1. The molecule has 2 aromatic heterocycles. The molecule has 0 fully saturated rings. The summed E-state index contributed by atoms with van der Waals surface area (Å²) in [4.78, 5) is 28.3. The maximum atomic E-state index is 13.3. The molecule has 1 atom stereocenters. The highest BCUT2D eigenvalue weighted by molar-refractivity contribution is 8.00. The third-order valence-electron chi connectivity index (χ3n) is 6.91. The van der Waals surface area contributed by atoms with Crippen LogP contribution < -0.4 is 5.32 Å². The molecule has 1 aliphatic rings. The highest BCUT2D eigenvalue weighted by atomic mass is 32.2. The molecular weight excluding hydrogens is 500 g/mol. The van der Waals surface area contributed by atoms with Gasteiger partial charge in [0, 0.05) is 33.4 Å². The van der Waals surface area contributed by atoms with Gasteiger partial charge in [0.25, 0.3) is 0 Å².